The standard InChI is InChI=1S/C38H71N2O7P/c1-3-5-7-9-11-13-14-15-16-17-18-19-20-22-24-26-28-30-37(42)36(34-47-48(44,45)46-32-31-39)40-38(43)33-35(41)29-27-25-23-21-12-10-8-6-4-2/h10,12,16-17,20,22,28,30,35-37,41-42H,3-9,11,13-15,18-19,21,23-27,29,31-34,39H2,1-2H3,(H,40,43)(H,44,45)/b12-10-,17-16+,22-20+,30-28+. The van der Waals surface area contributed by atoms with Gasteiger partial charge in [0.15, 0.2) is 0 Å². The minimum absolute atomic E-state index is 0.0391. The topological polar surface area (TPSA) is 151 Å². The maximum atomic E-state index is 12.7. The highest BCUT2D eigenvalue weighted by atomic mass is 31.2. The van der Waals surface area contributed by atoms with E-state index < -0.39 is 38.6 Å². The van der Waals surface area contributed by atoms with Crippen molar-refractivity contribution in [1.82, 2.24) is 5.32 Å². The molecule has 0 aliphatic rings. The molecule has 0 aromatic rings. The van der Waals surface area contributed by atoms with Crippen LogP contribution in [0.25, 0.3) is 0 Å². The minimum Gasteiger partial charge on any atom is -0.393 e. The molecule has 4 atom stereocenters. The second-order valence-corrected chi connectivity index (χ2v) is 14.0. The molecule has 280 valence electrons. The predicted molar refractivity (Wildman–Crippen MR) is 200 cm³/mol. The van der Waals surface area contributed by atoms with Crippen LogP contribution in [0, 0.1) is 0 Å². The number of hydrogen-bond acceptors (Lipinski definition) is 7. The van der Waals surface area contributed by atoms with Gasteiger partial charge < -0.3 is 26.2 Å². The molecule has 0 saturated carbocycles. The fraction of sp³-hybridized carbons (Fsp3) is 0.763. The molecule has 0 radical (unpaired) electrons. The predicted octanol–water partition coefficient (Wildman–Crippen LogP) is 8.74. The summed E-state index contributed by atoms with van der Waals surface area (Å²) in [5, 5.41) is 23.8. The van der Waals surface area contributed by atoms with Crippen LogP contribution in [0.5, 0.6) is 0 Å². The number of phosphoric ester groups is 1. The lowest BCUT2D eigenvalue weighted by molar-refractivity contribution is -0.124. The van der Waals surface area contributed by atoms with Crippen molar-refractivity contribution in [1.29, 1.82) is 0 Å². The number of allylic oxidation sites excluding steroid dienone is 7. The lowest BCUT2D eigenvalue weighted by Crippen LogP contribution is -2.46. The van der Waals surface area contributed by atoms with Crippen LogP contribution in [0.2, 0.25) is 0 Å². The van der Waals surface area contributed by atoms with E-state index in [1.807, 2.05) is 6.08 Å². The maximum Gasteiger partial charge on any atom is 0.472 e. The average Bonchev–Trinajstić information content (AvgIpc) is 3.06. The first-order valence-electron chi connectivity index (χ1n) is 18.8. The number of unbranched alkanes of at least 4 members (excludes halogenated alkanes) is 14. The van der Waals surface area contributed by atoms with Crippen LogP contribution in [-0.4, -0.2) is 59.0 Å². The number of amides is 1. The highest BCUT2D eigenvalue weighted by Crippen LogP contribution is 2.43. The molecule has 0 aliphatic carbocycles. The number of aliphatic hydroxyl groups is 2. The van der Waals surface area contributed by atoms with Crippen molar-refractivity contribution in [2.24, 2.45) is 5.73 Å². The summed E-state index contributed by atoms with van der Waals surface area (Å²) < 4.78 is 21.9. The summed E-state index contributed by atoms with van der Waals surface area (Å²) in [4.78, 5) is 22.6. The first-order valence-corrected chi connectivity index (χ1v) is 20.3. The lowest BCUT2D eigenvalue weighted by atomic mass is 10.1. The van der Waals surface area contributed by atoms with Gasteiger partial charge in [-0.2, -0.15) is 0 Å². The highest BCUT2D eigenvalue weighted by Gasteiger charge is 2.27. The van der Waals surface area contributed by atoms with E-state index in [2.05, 4.69) is 55.6 Å². The number of phosphoric acid groups is 1. The molecule has 10 heteroatoms. The molecule has 0 aliphatic heterocycles. The van der Waals surface area contributed by atoms with E-state index in [4.69, 9.17) is 14.8 Å². The first kappa shape index (κ1) is 46.4. The average molecular weight is 699 g/mol. The van der Waals surface area contributed by atoms with Gasteiger partial charge in [-0.15, -0.1) is 0 Å². The summed E-state index contributed by atoms with van der Waals surface area (Å²) in [6, 6.07) is -1.01. The zero-order chi connectivity index (χ0) is 35.6. The lowest BCUT2D eigenvalue weighted by Gasteiger charge is -2.24. The Hall–Kier alpha value is -1.58. The molecule has 1 amide bonds. The Bertz CT molecular complexity index is 909. The Balaban J connectivity index is 4.55. The molecule has 0 rings (SSSR count). The Morgan fingerprint density at radius 1 is 0.708 bits per heavy atom. The van der Waals surface area contributed by atoms with E-state index in [1.54, 1.807) is 6.08 Å². The number of nitrogens with one attached hydrogen (secondary N) is 1. The Morgan fingerprint density at radius 2 is 1.21 bits per heavy atom. The highest BCUT2D eigenvalue weighted by molar-refractivity contribution is 7.47. The van der Waals surface area contributed by atoms with E-state index >= 15 is 0 Å². The Morgan fingerprint density at radius 3 is 1.79 bits per heavy atom. The zero-order valence-corrected chi connectivity index (χ0v) is 31.2. The third-order valence-electron chi connectivity index (χ3n) is 7.91. The third-order valence-corrected chi connectivity index (χ3v) is 8.89. The summed E-state index contributed by atoms with van der Waals surface area (Å²) in [6.45, 7) is 3.84. The zero-order valence-electron chi connectivity index (χ0n) is 30.3. The smallest absolute Gasteiger partial charge is 0.393 e. The van der Waals surface area contributed by atoms with Gasteiger partial charge in [-0.25, -0.2) is 4.57 Å². The quantitative estimate of drug-likeness (QED) is 0.0254. The fourth-order valence-corrected chi connectivity index (χ4v) is 5.77. The SMILES string of the molecule is CCCC/C=C\CCCCCC(O)CC(=O)NC(COP(=O)(O)OCCN)C(O)/C=C/CC/C=C/CC/C=C/CCCCCCCCC. The van der Waals surface area contributed by atoms with Crippen LogP contribution >= 0.6 is 7.82 Å². The monoisotopic (exact) mass is 698 g/mol. The Labute approximate surface area is 293 Å². The fourth-order valence-electron chi connectivity index (χ4n) is 5.01. The van der Waals surface area contributed by atoms with Crippen molar-refractivity contribution in [2.45, 2.75) is 167 Å². The van der Waals surface area contributed by atoms with Gasteiger partial charge in [0, 0.05) is 6.54 Å². The van der Waals surface area contributed by atoms with E-state index in [1.165, 1.54) is 57.8 Å². The summed E-state index contributed by atoms with van der Waals surface area (Å²) in [5.74, 6) is -0.475. The van der Waals surface area contributed by atoms with Crippen LogP contribution in [0.4, 0.5) is 0 Å². The number of aliphatic hydroxyl groups excluding tert-OH is 2. The van der Waals surface area contributed by atoms with Crippen molar-refractivity contribution in [3.8, 4) is 0 Å². The molecule has 0 bridgehead atoms. The molecular formula is C38H71N2O7P. The van der Waals surface area contributed by atoms with Crippen LogP contribution in [-0.2, 0) is 18.4 Å². The number of rotatable bonds is 34. The van der Waals surface area contributed by atoms with Gasteiger partial charge in [0.2, 0.25) is 5.91 Å². The van der Waals surface area contributed by atoms with Gasteiger partial charge in [0.25, 0.3) is 0 Å². The molecule has 0 fully saturated rings. The summed E-state index contributed by atoms with van der Waals surface area (Å²) >= 11 is 0. The molecule has 0 saturated heterocycles. The third kappa shape index (κ3) is 31.7. The van der Waals surface area contributed by atoms with Crippen LogP contribution in [0.1, 0.15) is 149 Å². The molecule has 9 nitrogen and oxygen atoms in total. The Kier molecular flexibility index (Phi) is 32.8. The number of carbonyl (C=O) groups excluding carboxylic acids is 1. The second-order valence-electron chi connectivity index (χ2n) is 12.6. The van der Waals surface area contributed by atoms with Crippen LogP contribution in [0.15, 0.2) is 48.6 Å². The van der Waals surface area contributed by atoms with Gasteiger partial charge in [-0.1, -0.05) is 127 Å². The van der Waals surface area contributed by atoms with E-state index in [9.17, 15) is 24.5 Å². The summed E-state index contributed by atoms with van der Waals surface area (Å²) in [7, 11) is -4.41. The van der Waals surface area contributed by atoms with Crippen LogP contribution < -0.4 is 11.1 Å². The molecule has 0 heterocycles. The van der Waals surface area contributed by atoms with Gasteiger partial charge in [-0.3, -0.25) is 13.8 Å². The molecule has 0 spiro atoms. The van der Waals surface area contributed by atoms with Crippen molar-refractivity contribution in [2.75, 3.05) is 19.8 Å². The molecule has 48 heavy (non-hydrogen) atoms. The van der Waals surface area contributed by atoms with Gasteiger partial charge in [-0.05, 0) is 64.2 Å². The van der Waals surface area contributed by atoms with Crippen LogP contribution in [0.3, 0.4) is 0 Å². The van der Waals surface area contributed by atoms with Gasteiger partial charge in [0.05, 0.1) is 37.9 Å². The van der Waals surface area contributed by atoms with Gasteiger partial charge in [0.1, 0.15) is 0 Å². The number of hydrogen-bond donors (Lipinski definition) is 5. The first-order chi connectivity index (χ1) is 23.3. The van der Waals surface area contributed by atoms with Crippen molar-refractivity contribution < 1.29 is 33.5 Å². The van der Waals surface area contributed by atoms with Crippen molar-refractivity contribution >= 4 is 13.7 Å². The molecule has 4 unspecified atom stereocenters. The van der Waals surface area contributed by atoms with Crippen molar-refractivity contribution in [3.63, 3.8) is 0 Å². The molecule has 0 aromatic heterocycles. The molecule has 6 N–H and O–H groups in total. The number of nitrogens with two attached hydrogens (primary N) is 1. The summed E-state index contributed by atoms with van der Waals surface area (Å²) in [5.41, 5.74) is 5.33. The normalized spacial score (nSPS) is 15.5. The summed E-state index contributed by atoms with van der Waals surface area (Å²) in [6.07, 6.45) is 36.4. The van der Waals surface area contributed by atoms with Crippen molar-refractivity contribution in [3.05, 3.63) is 48.6 Å². The van der Waals surface area contributed by atoms with E-state index in [-0.39, 0.29) is 19.6 Å². The minimum atomic E-state index is -4.41. The molecule has 0 aromatic carbocycles. The maximum absolute atomic E-state index is 12.7. The van der Waals surface area contributed by atoms with Gasteiger partial charge >= 0.3 is 7.82 Å². The number of carbonyl (C=O) groups is 1. The second kappa shape index (κ2) is 33.9. The molecular weight excluding hydrogens is 627 g/mol. The van der Waals surface area contributed by atoms with E-state index in [0.717, 1.165) is 57.8 Å². The van der Waals surface area contributed by atoms with E-state index in [0.29, 0.717) is 12.8 Å². The largest absolute Gasteiger partial charge is 0.472 e.